The lowest BCUT2D eigenvalue weighted by Gasteiger charge is -2.31. The van der Waals surface area contributed by atoms with E-state index in [9.17, 15) is 9.59 Å². The van der Waals surface area contributed by atoms with Gasteiger partial charge in [0.05, 0.1) is 19.0 Å². The number of ether oxygens (including phenoxy) is 1. The minimum absolute atomic E-state index is 0.0522. The first-order chi connectivity index (χ1) is 13.5. The Balaban J connectivity index is 1.72. The van der Waals surface area contributed by atoms with Gasteiger partial charge in [0.15, 0.2) is 0 Å². The van der Waals surface area contributed by atoms with Gasteiger partial charge in [-0.1, -0.05) is 18.2 Å². The molecule has 0 radical (unpaired) electrons. The molecule has 0 saturated carbocycles. The zero-order valence-electron chi connectivity index (χ0n) is 15.4. The number of benzene rings is 2. The Hall–Kier alpha value is -3.61. The molecule has 2 amide bonds. The number of carbonyl (C=O) groups is 2. The molecule has 1 aromatic heterocycles. The summed E-state index contributed by atoms with van der Waals surface area (Å²) in [6.45, 7) is 1.95. The van der Waals surface area contributed by atoms with E-state index in [1.54, 1.807) is 18.0 Å². The summed E-state index contributed by atoms with van der Waals surface area (Å²) < 4.78 is 6.85. The molecule has 0 fully saturated rings. The summed E-state index contributed by atoms with van der Waals surface area (Å²) in [4.78, 5) is 25.8. The third-order valence-electron chi connectivity index (χ3n) is 5.59. The first-order valence-corrected chi connectivity index (χ1v) is 8.99. The molecular weight excluding hydrogens is 356 g/mol. The van der Waals surface area contributed by atoms with E-state index in [-0.39, 0.29) is 18.2 Å². The molecule has 5 rings (SSSR count). The number of fused-ring (bicyclic) bond motifs is 4. The van der Waals surface area contributed by atoms with Gasteiger partial charge in [0, 0.05) is 17.7 Å². The predicted molar refractivity (Wildman–Crippen MR) is 104 cm³/mol. The molecule has 3 aromatic rings. The number of hydrogen-bond acceptors (Lipinski definition) is 4. The summed E-state index contributed by atoms with van der Waals surface area (Å²) in [7, 11) is 1.60. The molecule has 28 heavy (non-hydrogen) atoms. The van der Waals surface area contributed by atoms with Crippen LogP contribution in [0.1, 0.15) is 23.1 Å². The molecule has 140 valence electrons. The fraction of sp³-hybridized carbons (Fsp3) is 0.190. The predicted octanol–water partition coefficient (Wildman–Crippen LogP) is 2.77. The number of anilines is 2. The van der Waals surface area contributed by atoms with Gasteiger partial charge in [-0.05, 0) is 42.3 Å². The third-order valence-corrected chi connectivity index (χ3v) is 5.59. The molecule has 3 heterocycles. The first kappa shape index (κ1) is 16.6. The van der Waals surface area contributed by atoms with Crippen molar-refractivity contribution < 1.29 is 14.3 Å². The monoisotopic (exact) mass is 374 g/mol. The van der Waals surface area contributed by atoms with Crippen LogP contribution in [0, 0.1) is 6.92 Å². The molecule has 0 unspecified atom stereocenters. The molecule has 7 nitrogen and oxygen atoms in total. The maximum Gasteiger partial charge on any atom is 0.240 e. The van der Waals surface area contributed by atoms with Gasteiger partial charge in [-0.25, -0.2) is 4.68 Å². The normalized spacial score (nSPS) is 19.8. The number of hydrogen-bond donors (Lipinski definition) is 2. The summed E-state index contributed by atoms with van der Waals surface area (Å²) in [5.74, 6) is 0.838. The van der Waals surface area contributed by atoms with E-state index in [0.29, 0.717) is 11.4 Å². The van der Waals surface area contributed by atoms with E-state index in [1.807, 2.05) is 49.4 Å². The average Bonchev–Trinajstić information content (AvgIpc) is 3.23. The highest BCUT2D eigenvalue weighted by Gasteiger charge is 2.54. The quantitative estimate of drug-likeness (QED) is 0.722. The number of para-hydroxylation sites is 1. The van der Waals surface area contributed by atoms with Gasteiger partial charge in [0.2, 0.25) is 11.8 Å². The van der Waals surface area contributed by atoms with Gasteiger partial charge in [-0.3, -0.25) is 9.59 Å². The molecule has 2 aliphatic rings. The van der Waals surface area contributed by atoms with Crippen LogP contribution in [-0.4, -0.2) is 28.7 Å². The van der Waals surface area contributed by atoms with Crippen molar-refractivity contribution in [3.05, 3.63) is 65.4 Å². The highest BCUT2D eigenvalue weighted by Crippen LogP contribution is 2.50. The molecule has 0 aliphatic carbocycles. The van der Waals surface area contributed by atoms with Crippen molar-refractivity contribution in [1.29, 1.82) is 0 Å². The second-order valence-electron chi connectivity index (χ2n) is 7.10. The van der Waals surface area contributed by atoms with Crippen LogP contribution in [0.2, 0.25) is 0 Å². The fourth-order valence-corrected chi connectivity index (χ4v) is 4.19. The summed E-state index contributed by atoms with van der Waals surface area (Å²) >= 11 is 0. The standard InChI is InChI=1S/C21H18N4O3/c1-12-4-3-5-15-18(12)24-20(27)21(15)10-17(26)23-19-16(21)11-22-25(19)13-6-8-14(28-2)9-7-13/h3-9,11H,10H2,1-2H3,(H,23,26)(H,24,27)/t21-/m1/s1. The first-order valence-electron chi connectivity index (χ1n) is 8.99. The Labute approximate surface area is 161 Å². The number of nitrogens with one attached hydrogen (secondary N) is 2. The van der Waals surface area contributed by atoms with Crippen LogP contribution >= 0.6 is 0 Å². The highest BCUT2D eigenvalue weighted by atomic mass is 16.5. The largest absolute Gasteiger partial charge is 0.497 e. The van der Waals surface area contributed by atoms with Crippen LogP contribution in [0.5, 0.6) is 5.75 Å². The number of aromatic nitrogens is 2. The topological polar surface area (TPSA) is 85.2 Å². The van der Waals surface area contributed by atoms with Crippen molar-refractivity contribution in [3.8, 4) is 11.4 Å². The van der Waals surface area contributed by atoms with Crippen molar-refractivity contribution in [2.24, 2.45) is 0 Å². The van der Waals surface area contributed by atoms with E-state index in [0.717, 1.165) is 28.3 Å². The zero-order valence-corrected chi connectivity index (χ0v) is 15.4. The summed E-state index contributed by atoms with van der Waals surface area (Å²) in [5, 5.41) is 10.4. The van der Waals surface area contributed by atoms with Crippen molar-refractivity contribution in [1.82, 2.24) is 9.78 Å². The molecule has 0 saturated heterocycles. The molecular formula is C21H18N4O3. The number of rotatable bonds is 2. The van der Waals surface area contributed by atoms with Gasteiger partial charge < -0.3 is 15.4 Å². The van der Waals surface area contributed by atoms with Gasteiger partial charge in [0.25, 0.3) is 0 Å². The van der Waals surface area contributed by atoms with Gasteiger partial charge >= 0.3 is 0 Å². The lowest BCUT2D eigenvalue weighted by atomic mass is 9.71. The summed E-state index contributed by atoms with van der Waals surface area (Å²) in [6, 6.07) is 13.1. The minimum Gasteiger partial charge on any atom is -0.497 e. The van der Waals surface area contributed by atoms with Crippen LogP contribution in [-0.2, 0) is 15.0 Å². The van der Waals surface area contributed by atoms with Gasteiger partial charge in [-0.2, -0.15) is 5.10 Å². The molecule has 7 heteroatoms. The average molecular weight is 374 g/mol. The number of carbonyl (C=O) groups excluding carboxylic acids is 2. The molecule has 1 atom stereocenters. The van der Waals surface area contributed by atoms with Gasteiger partial charge in [-0.15, -0.1) is 0 Å². The second kappa shape index (κ2) is 5.69. The van der Waals surface area contributed by atoms with Crippen molar-refractivity contribution in [3.63, 3.8) is 0 Å². The van der Waals surface area contributed by atoms with Crippen LogP contribution in [0.25, 0.3) is 5.69 Å². The van der Waals surface area contributed by atoms with Crippen LogP contribution < -0.4 is 15.4 Å². The molecule has 0 bridgehead atoms. The van der Waals surface area contributed by atoms with Crippen LogP contribution in [0.3, 0.4) is 0 Å². The Morgan fingerprint density at radius 2 is 1.86 bits per heavy atom. The van der Waals surface area contributed by atoms with Crippen LogP contribution in [0.4, 0.5) is 11.5 Å². The summed E-state index contributed by atoms with van der Waals surface area (Å²) in [5.41, 5.74) is 2.97. The van der Waals surface area contributed by atoms with E-state index in [1.165, 1.54) is 0 Å². The molecule has 1 spiro atoms. The Morgan fingerprint density at radius 3 is 2.61 bits per heavy atom. The fourth-order valence-electron chi connectivity index (χ4n) is 4.19. The van der Waals surface area contributed by atoms with E-state index in [4.69, 9.17) is 4.74 Å². The maximum absolute atomic E-state index is 13.2. The lowest BCUT2D eigenvalue weighted by Crippen LogP contribution is -2.43. The Bertz CT molecular complexity index is 1130. The number of amides is 2. The third kappa shape index (κ3) is 2.07. The van der Waals surface area contributed by atoms with E-state index < -0.39 is 5.41 Å². The number of aryl methyl sites for hydroxylation is 1. The lowest BCUT2D eigenvalue weighted by molar-refractivity contribution is -0.125. The SMILES string of the molecule is COc1ccc(-n2ncc3c2NC(=O)C[C@]32C(=O)Nc3c(C)cccc32)cc1. The summed E-state index contributed by atoms with van der Waals surface area (Å²) in [6.07, 6.45) is 1.73. The van der Waals surface area contributed by atoms with Crippen molar-refractivity contribution >= 4 is 23.3 Å². The zero-order chi connectivity index (χ0) is 19.5. The molecule has 2 N–H and O–H groups in total. The Kier molecular flexibility index (Phi) is 3.37. The smallest absolute Gasteiger partial charge is 0.240 e. The van der Waals surface area contributed by atoms with E-state index in [2.05, 4.69) is 15.7 Å². The minimum atomic E-state index is -1.07. The van der Waals surface area contributed by atoms with E-state index >= 15 is 0 Å². The van der Waals surface area contributed by atoms with Gasteiger partial charge in [0.1, 0.15) is 17.0 Å². The van der Waals surface area contributed by atoms with Crippen LogP contribution in [0.15, 0.2) is 48.7 Å². The molecule has 2 aliphatic heterocycles. The van der Waals surface area contributed by atoms with Crippen molar-refractivity contribution in [2.45, 2.75) is 18.8 Å². The Morgan fingerprint density at radius 1 is 1.07 bits per heavy atom. The highest BCUT2D eigenvalue weighted by molar-refractivity contribution is 6.15. The number of methoxy groups -OCH3 is 1. The molecule has 2 aromatic carbocycles. The maximum atomic E-state index is 13.2. The van der Waals surface area contributed by atoms with Crippen molar-refractivity contribution in [2.75, 3.05) is 17.7 Å². The number of nitrogens with zero attached hydrogens (tertiary/aromatic N) is 2. The second-order valence-corrected chi connectivity index (χ2v) is 7.10.